The molecule has 0 spiro atoms. The fourth-order valence-electron chi connectivity index (χ4n) is 15.1. The zero-order valence-electron chi connectivity index (χ0n) is 80.6. The number of morpholine rings is 1. The molecule has 5 aliphatic heterocycles. The highest BCUT2D eigenvalue weighted by atomic mass is 19.4. The summed E-state index contributed by atoms with van der Waals surface area (Å²) in [5.74, 6) is -1.37. The van der Waals surface area contributed by atoms with Gasteiger partial charge in [0.15, 0.2) is 0 Å². The molecule has 0 aliphatic carbocycles. The van der Waals surface area contributed by atoms with E-state index < -0.39 is 76.4 Å². The lowest BCUT2D eigenvalue weighted by Gasteiger charge is -2.34. The summed E-state index contributed by atoms with van der Waals surface area (Å²) in [6.07, 6.45) is -17.5. The molecule has 5 fully saturated rings. The van der Waals surface area contributed by atoms with Gasteiger partial charge in [0, 0.05) is 228 Å². The molecule has 3 amide bonds. The van der Waals surface area contributed by atoms with E-state index in [0.717, 1.165) is 200 Å². The first-order valence-corrected chi connectivity index (χ1v) is 46.1. The number of benzene rings is 5. The summed E-state index contributed by atoms with van der Waals surface area (Å²) < 4.78 is 207. The standard InChI is InChI=1S/C19H27F3N2O.C18H26F3N3O.C18H25F3N2O.C17H24F3N3O.C15H16F3N3O.C11H21NO2/c1-4-23-7-9-24(10-8-23)13-16-6-5-15(12-18(25)14(2)3)11-17(16)19(20,21)22;1-4-23-7-9-24(10-8-23)12-15-6-5-14(17(25)22-13(2)3)11-16(15)18(19,20)21;1-13(2)17(24)11-14-4-5-15(16(10-14)18(19,20)21)12-23-8-6-22(3)7-9-23;1-12(2)21-16(24)13-4-5-14(15(10-13)17(18,19)20)11-23-8-6-22(3)7-9-23;1-9(2)20-14(22)11-4-12(15(16,17)18)6-13(5-11)21-7-10(3)19-8-21;1-10(2)11(13)4-3-5-12-6-8-14-9-7-12/h5-6,11,14H,4,7-10,12-13H2,1-3H3;5-6,11,13H,4,7-10,12H2,1-3H3,(H,22,25);4-5,10,13H,6-9,11-12H2,1-3H3;4-5,10,12H,6-9,11H2,1-3H3,(H,21,24);4-9H,1-3H3,(H,20,22);10H,3-9H2,1-2H3. The van der Waals surface area contributed by atoms with Crippen LogP contribution in [-0.2, 0) is 89.0 Å². The number of halogens is 15. The van der Waals surface area contributed by atoms with E-state index >= 15 is 0 Å². The predicted octanol–water partition coefficient (Wildman–Crippen LogP) is 17.1. The maximum atomic E-state index is 13.5. The Kier molecular flexibility index (Phi) is 45.3. The molecule has 0 bridgehead atoms. The second kappa shape index (κ2) is 53.3. The SMILES string of the molecule is CC(C)C(=O)CCCN1CCOCC1.CC(C)C(=O)Cc1ccc(CN2CCN(C)CC2)c(C(F)(F)F)c1.CC(C)NC(=O)c1ccc(CN2CCN(C)CC2)c(C(F)(F)F)c1.CCN1CCN(Cc2ccc(C(=O)NC(C)C)cc2C(F)(F)F)CC1.CCN1CCN(Cc2ccc(CC(=O)C(C)C)cc2C(F)(F)F)CC1.Cc1cn(-c2cc(C(=O)NC(C)C)cc(C(F)(F)F)c2)cn1. The van der Waals surface area contributed by atoms with Crippen LogP contribution in [-0.4, -0.2) is 272 Å². The van der Waals surface area contributed by atoms with Crippen LogP contribution in [0.25, 0.3) is 5.69 Å². The molecule has 5 aromatic carbocycles. The highest BCUT2D eigenvalue weighted by Gasteiger charge is 2.40. The smallest absolute Gasteiger partial charge is 0.379 e. The molecule has 0 saturated carbocycles. The number of ether oxygens (including phenoxy) is 1. The van der Waals surface area contributed by atoms with Crippen LogP contribution in [0.2, 0.25) is 0 Å². The molecular weight excluding hydrogens is 1770 g/mol. The second-order valence-electron chi connectivity index (χ2n) is 36.6. The molecule has 21 nitrogen and oxygen atoms in total. The van der Waals surface area contributed by atoms with E-state index in [0.29, 0.717) is 35.7 Å². The molecule has 3 N–H and O–H groups in total. The molecule has 5 aliphatic rings. The Hall–Kier alpha value is -8.72. The first-order valence-electron chi connectivity index (χ1n) is 46.1. The Morgan fingerprint density at radius 2 is 0.694 bits per heavy atom. The third-order valence-electron chi connectivity index (χ3n) is 23.4. The van der Waals surface area contributed by atoms with Crippen LogP contribution in [0.4, 0.5) is 65.9 Å². The topological polar surface area (TPSA) is 195 Å². The lowest BCUT2D eigenvalue weighted by molar-refractivity contribution is -0.139. The van der Waals surface area contributed by atoms with Gasteiger partial charge in [0.05, 0.1) is 53.1 Å². The second-order valence-corrected chi connectivity index (χ2v) is 36.6. The molecule has 6 heterocycles. The van der Waals surface area contributed by atoms with Crippen molar-refractivity contribution < 1.29 is 99.4 Å². The zero-order valence-corrected chi connectivity index (χ0v) is 80.6. The predicted molar refractivity (Wildman–Crippen MR) is 491 cm³/mol. The lowest BCUT2D eigenvalue weighted by Crippen LogP contribution is -2.45. The van der Waals surface area contributed by atoms with Crippen molar-refractivity contribution >= 4 is 35.1 Å². The van der Waals surface area contributed by atoms with E-state index in [4.69, 9.17) is 4.74 Å². The minimum Gasteiger partial charge on any atom is -0.379 e. The molecule has 0 unspecified atom stereocenters. The summed E-state index contributed by atoms with van der Waals surface area (Å²) in [6, 6.07) is 19.3. The number of amides is 3. The van der Waals surface area contributed by atoms with Crippen molar-refractivity contribution in [3.63, 3.8) is 0 Å². The number of nitrogens with zero attached hydrogens (tertiary/aromatic N) is 11. The maximum Gasteiger partial charge on any atom is 0.416 e. The number of carbonyl (C=O) groups is 6. The molecule has 0 radical (unpaired) electrons. The van der Waals surface area contributed by atoms with Crippen LogP contribution in [0.3, 0.4) is 0 Å². The third kappa shape index (κ3) is 39.4. The van der Waals surface area contributed by atoms with E-state index in [9.17, 15) is 94.6 Å². The van der Waals surface area contributed by atoms with Crippen molar-refractivity contribution in [2.45, 2.75) is 205 Å². The maximum absolute atomic E-state index is 13.5. The Morgan fingerprint density at radius 3 is 1.00 bits per heavy atom. The number of hydrogen-bond acceptors (Lipinski definition) is 17. The minimum atomic E-state index is -4.53. The van der Waals surface area contributed by atoms with Gasteiger partial charge in [0.1, 0.15) is 17.3 Å². The number of carbonyl (C=O) groups excluding carboxylic acids is 6. The largest absolute Gasteiger partial charge is 0.416 e. The van der Waals surface area contributed by atoms with Gasteiger partial charge in [0.2, 0.25) is 0 Å². The summed E-state index contributed by atoms with van der Waals surface area (Å²) in [5, 5.41) is 7.84. The van der Waals surface area contributed by atoms with Crippen molar-refractivity contribution in [3.8, 4) is 5.69 Å². The number of likely N-dealkylation sites (N-methyl/N-ethyl adjacent to an activating group) is 4. The van der Waals surface area contributed by atoms with Crippen LogP contribution >= 0.6 is 0 Å². The van der Waals surface area contributed by atoms with Crippen molar-refractivity contribution in [1.82, 2.24) is 69.6 Å². The monoisotopic (exact) mass is 1910 g/mol. The van der Waals surface area contributed by atoms with Crippen LogP contribution in [0, 0.1) is 24.7 Å². The van der Waals surface area contributed by atoms with E-state index in [1.165, 1.54) is 53.4 Å². The number of Topliss-reactive ketones (excluding diaryl/α,β-unsaturated/α-hetero) is 3. The number of hydrogen-bond donors (Lipinski definition) is 3. The van der Waals surface area contributed by atoms with Gasteiger partial charge in [0.25, 0.3) is 17.7 Å². The van der Waals surface area contributed by atoms with Crippen LogP contribution in [0.15, 0.2) is 104 Å². The van der Waals surface area contributed by atoms with Gasteiger partial charge >= 0.3 is 30.9 Å². The molecule has 748 valence electrons. The van der Waals surface area contributed by atoms with Crippen LogP contribution in [0.5, 0.6) is 0 Å². The number of aryl methyl sites for hydroxylation is 1. The summed E-state index contributed by atoms with van der Waals surface area (Å²) in [5.41, 5.74) is -0.704. The summed E-state index contributed by atoms with van der Waals surface area (Å²) in [4.78, 5) is 94.4. The van der Waals surface area contributed by atoms with Gasteiger partial charge in [-0.05, 0) is 177 Å². The Labute approximate surface area is 780 Å². The van der Waals surface area contributed by atoms with E-state index in [1.807, 2.05) is 42.6 Å². The molecule has 36 heteroatoms. The number of piperazine rings is 4. The number of ketones is 3. The molecule has 134 heavy (non-hydrogen) atoms. The zero-order chi connectivity index (χ0) is 99.9. The van der Waals surface area contributed by atoms with Gasteiger partial charge in [-0.1, -0.05) is 91.8 Å². The fourth-order valence-corrected chi connectivity index (χ4v) is 15.1. The third-order valence-corrected chi connectivity index (χ3v) is 23.4. The molecular formula is C98H139F15N14O7. The average Bonchev–Trinajstić information content (AvgIpc) is 1.18. The summed E-state index contributed by atoms with van der Waals surface area (Å²) in [6.45, 7) is 48.2. The van der Waals surface area contributed by atoms with Crippen LogP contribution in [0.1, 0.15) is 208 Å². The van der Waals surface area contributed by atoms with Crippen molar-refractivity contribution in [2.24, 2.45) is 17.8 Å². The highest BCUT2D eigenvalue weighted by Crippen LogP contribution is 2.39. The quantitative estimate of drug-likeness (QED) is 0.0392. The van der Waals surface area contributed by atoms with Crippen molar-refractivity contribution in [3.05, 3.63) is 187 Å². The summed E-state index contributed by atoms with van der Waals surface area (Å²) >= 11 is 0. The Morgan fingerprint density at radius 1 is 0.373 bits per heavy atom. The van der Waals surface area contributed by atoms with Crippen LogP contribution < -0.4 is 16.0 Å². The number of alkyl halides is 15. The lowest BCUT2D eigenvalue weighted by atomic mass is 9.96. The van der Waals surface area contributed by atoms with Crippen molar-refractivity contribution in [2.75, 3.05) is 165 Å². The minimum absolute atomic E-state index is 0.0371. The number of nitrogens with one attached hydrogen (secondary N) is 3. The Bertz CT molecular complexity index is 4660. The molecule has 11 rings (SSSR count). The number of rotatable bonds is 28. The highest BCUT2D eigenvalue weighted by molar-refractivity contribution is 5.96. The first kappa shape index (κ1) is 114. The van der Waals surface area contributed by atoms with E-state index in [1.54, 1.807) is 94.5 Å². The van der Waals surface area contributed by atoms with Gasteiger partial charge in [-0.15, -0.1) is 0 Å². The van der Waals surface area contributed by atoms with Crippen molar-refractivity contribution in [1.29, 1.82) is 0 Å². The molecule has 6 aromatic rings. The van der Waals surface area contributed by atoms with Gasteiger partial charge < -0.3 is 44.9 Å². The van der Waals surface area contributed by atoms with Gasteiger partial charge in [-0.25, -0.2) is 4.98 Å². The van der Waals surface area contributed by atoms with E-state index in [-0.39, 0.29) is 118 Å². The summed E-state index contributed by atoms with van der Waals surface area (Å²) in [7, 11) is 4.01. The molecule has 0 atom stereocenters. The van der Waals surface area contributed by atoms with E-state index in [2.05, 4.69) is 64.2 Å². The number of imidazole rings is 1. The molecule has 1 aromatic heterocycles. The Balaban J connectivity index is 0.000000249. The average molecular weight is 1910 g/mol. The van der Waals surface area contributed by atoms with Gasteiger partial charge in [-0.3, -0.25) is 53.3 Å². The fraction of sp³-hybridized carbons (Fsp3) is 0.602. The normalized spacial score (nSPS) is 16.5. The van der Waals surface area contributed by atoms with Gasteiger partial charge in [-0.2, -0.15) is 65.9 Å². The first-order chi connectivity index (χ1) is 62.6. The molecule has 5 saturated heterocycles. The number of aromatic nitrogens is 2.